The van der Waals surface area contributed by atoms with Crippen LogP contribution in [-0.2, 0) is 10.1 Å². The Morgan fingerprint density at radius 1 is 1.56 bits per heavy atom. The Kier molecular flexibility index (Phi) is 3.05. The molecular formula is C11H9BrN2O2. The number of fused-ring (bicyclic) bond motifs is 1. The molecule has 1 aromatic heterocycles. The van der Waals surface area contributed by atoms with Gasteiger partial charge in [0.25, 0.3) is 0 Å². The highest BCUT2D eigenvalue weighted by Crippen LogP contribution is 2.20. The van der Waals surface area contributed by atoms with Crippen LogP contribution in [0.4, 0.5) is 0 Å². The molecule has 0 radical (unpaired) electrons. The molecule has 16 heavy (non-hydrogen) atoms. The SMILES string of the molecule is O=C(O)/C=C/c1cc2nc[nH]c2cc1CBr. The van der Waals surface area contributed by atoms with Crippen LogP contribution in [0.5, 0.6) is 0 Å². The predicted molar refractivity (Wildman–Crippen MR) is 65.4 cm³/mol. The molecule has 0 unspecified atom stereocenters. The van der Waals surface area contributed by atoms with E-state index >= 15 is 0 Å². The number of H-pyrrole nitrogens is 1. The molecule has 2 N–H and O–H groups in total. The van der Waals surface area contributed by atoms with Gasteiger partial charge in [-0.2, -0.15) is 0 Å². The third kappa shape index (κ3) is 2.14. The number of benzene rings is 1. The Balaban J connectivity index is 2.52. The standard InChI is InChI=1S/C11H9BrN2O2/c12-5-8-4-10-9(13-6-14-10)3-7(8)1-2-11(15)16/h1-4,6H,5H2,(H,13,14)(H,15,16)/b2-1+. The third-order valence-corrected chi connectivity index (χ3v) is 2.83. The summed E-state index contributed by atoms with van der Waals surface area (Å²) in [5.74, 6) is -0.956. The zero-order valence-corrected chi connectivity index (χ0v) is 9.86. The van der Waals surface area contributed by atoms with Crippen LogP contribution in [0, 0.1) is 0 Å². The van der Waals surface area contributed by atoms with E-state index in [1.807, 2.05) is 12.1 Å². The molecule has 0 atom stereocenters. The monoisotopic (exact) mass is 280 g/mol. The van der Waals surface area contributed by atoms with Gasteiger partial charge in [0.2, 0.25) is 0 Å². The Labute approximate surface area is 100 Å². The molecule has 1 aromatic carbocycles. The summed E-state index contributed by atoms with van der Waals surface area (Å²) in [6, 6.07) is 3.82. The number of nitrogens with zero attached hydrogens (tertiary/aromatic N) is 1. The number of aliphatic carboxylic acids is 1. The largest absolute Gasteiger partial charge is 0.478 e. The summed E-state index contributed by atoms with van der Waals surface area (Å²) in [6.45, 7) is 0. The maximum atomic E-state index is 10.5. The molecule has 4 nitrogen and oxygen atoms in total. The van der Waals surface area contributed by atoms with Crippen molar-refractivity contribution in [3.63, 3.8) is 0 Å². The number of carbonyl (C=O) groups is 1. The summed E-state index contributed by atoms with van der Waals surface area (Å²) < 4.78 is 0. The van der Waals surface area contributed by atoms with Gasteiger partial charge in [-0.25, -0.2) is 9.78 Å². The number of hydrogen-bond donors (Lipinski definition) is 2. The zero-order valence-electron chi connectivity index (χ0n) is 8.27. The number of carboxylic acids is 1. The maximum Gasteiger partial charge on any atom is 0.328 e. The summed E-state index contributed by atoms with van der Waals surface area (Å²) in [6.07, 6.45) is 4.32. The van der Waals surface area contributed by atoms with Gasteiger partial charge < -0.3 is 10.1 Å². The Morgan fingerprint density at radius 3 is 3.06 bits per heavy atom. The van der Waals surface area contributed by atoms with Crippen LogP contribution in [0.15, 0.2) is 24.5 Å². The molecule has 0 amide bonds. The third-order valence-electron chi connectivity index (χ3n) is 2.23. The summed E-state index contributed by atoms with van der Waals surface area (Å²) in [5, 5.41) is 9.26. The van der Waals surface area contributed by atoms with Crippen molar-refractivity contribution in [1.82, 2.24) is 9.97 Å². The van der Waals surface area contributed by atoms with Crippen LogP contribution >= 0.6 is 15.9 Å². The van der Waals surface area contributed by atoms with Crippen molar-refractivity contribution < 1.29 is 9.90 Å². The van der Waals surface area contributed by atoms with Crippen LogP contribution in [0.2, 0.25) is 0 Å². The highest BCUT2D eigenvalue weighted by molar-refractivity contribution is 9.08. The fraction of sp³-hybridized carbons (Fsp3) is 0.0909. The lowest BCUT2D eigenvalue weighted by Gasteiger charge is -2.02. The number of alkyl halides is 1. The molecule has 0 saturated carbocycles. The summed E-state index contributed by atoms with van der Waals surface area (Å²) in [7, 11) is 0. The summed E-state index contributed by atoms with van der Waals surface area (Å²) in [4.78, 5) is 17.6. The lowest BCUT2D eigenvalue weighted by Crippen LogP contribution is -1.89. The molecule has 0 aliphatic heterocycles. The molecule has 1 heterocycles. The van der Waals surface area contributed by atoms with Gasteiger partial charge in [-0.1, -0.05) is 15.9 Å². The molecule has 0 spiro atoms. The van der Waals surface area contributed by atoms with Crippen molar-refractivity contribution in [2.24, 2.45) is 0 Å². The van der Waals surface area contributed by atoms with Crippen molar-refractivity contribution in [1.29, 1.82) is 0 Å². The molecule has 0 saturated heterocycles. The van der Waals surface area contributed by atoms with Crippen LogP contribution in [0.1, 0.15) is 11.1 Å². The van der Waals surface area contributed by atoms with Crippen molar-refractivity contribution in [3.8, 4) is 0 Å². The van der Waals surface area contributed by atoms with Crippen LogP contribution in [0.3, 0.4) is 0 Å². The number of aromatic amines is 1. The van der Waals surface area contributed by atoms with E-state index in [2.05, 4.69) is 25.9 Å². The molecule has 5 heteroatoms. The minimum atomic E-state index is -0.956. The second kappa shape index (κ2) is 4.49. The quantitative estimate of drug-likeness (QED) is 0.671. The minimum Gasteiger partial charge on any atom is -0.478 e. The van der Waals surface area contributed by atoms with Crippen molar-refractivity contribution in [2.45, 2.75) is 5.33 Å². The molecular weight excluding hydrogens is 272 g/mol. The zero-order chi connectivity index (χ0) is 11.5. The Morgan fingerprint density at radius 2 is 2.38 bits per heavy atom. The fourth-order valence-electron chi connectivity index (χ4n) is 1.47. The summed E-state index contributed by atoms with van der Waals surface area (Å²) >= 11 is 3.37. The van der Waals surface area contributed by atoms with Crippen molar-refractivity contribution in [3.05, 3.63) is 35.7 Å². The lowest BCUT2D eigenvalue weighted by molar-refractivity contribution is -0.131. The van der Waals surface area contributed by atoms with Gasteiger partial charge in [-0.3, -0.25) is 0 Å². The Hall–Kier alpha value is -1.62. The summed E-state index contributed by atoms with van der Waals surface area (Å²) in [5.41, 5.74) is 3.66. The van der Waals surface area contributed by atoms with Gasteiger partial charge in [0.05, 0.1) is 17.4 Å². The molecule has 0 bridgehead atoms. The second-order valence-electron chi connectivity index (χ2n) is 3.28. The Bertz CT molecular complexity index is 560. The number of halogens is 1. The first-order valence-corrected chi connectivity index (χ1v) is 5.76. The first kappa shape index (κ1) is 10.9. The van der Waals surface area contributed by atoms with Crippen LogP contribution in [-0.4, -0.2) is 21.0 Å². The van der Waals surface area contributed by atoms with E-state index in [1.165, 1.54) is 0 Å². The minimum absolute atomic E-state index is 0.668. The topological polar surface area (TPSA) is 66.0 Å². The van der Waals surface area contributed by atoms with E-state index in [1.54, 1.807) is 12.4 Å². The normalized spacial score (nSPS) is 11.3. The van der Waals surface area contributed by atoms with E-state index in [0.29, 0.717) is 5.33 Å². The van der Waals surface area contributed by atoms with Crippen LogP contribution in [0.25, 0.3) is 17.1 Å². The van der Waals surface area contributed by atoms with Crippen molar-refractivity contribution in [2.75, 3.05) is 0 Å². The number of imidazole rings is 1. The molecule has 2 aromatic rings. The van der Waals surface area contributed by atoms with Gasteiger partial charge in [0.15, 0.2) is 0 Å². The first-order chi connectivity index (χ1) is 7.70. The first-order valence-electron chi connectivity index (χ1n) is 4.63. The van der Waals surface area contributed by atoms with E-state index in [-0.39, 0.29) is 0 Å². The highest BCUT2D eigenvalue weighted by atomic mass is 79.9. The van der Waals surface area contributed by atoms with Gasteiger partial charge in [-0.05, 0) is 29.3 Å². The number of carboxylic acid groups (broad SMARTS) is 1. The number of hydrogen-bond acceptors (Lipinski definition) is 2. The molecule has 0 aliphatic rings. The lowest BCUT2D eigenvalue weighted by atomic mass is 10.1. The van der Waals surface area contributed by atoms with E-state index in [4.69, 9.17) is 5.11 Å². The smallest absolute Gasteiger partial charge is 0.328 e. The number of nitrogens with one attached hydrogen (secondary N) is 1. The fourth-order valence-corrected chi connectivity index (χ4v) is 1.96. The predicted octanol–water partition coefficient (Wildman–Crippen LogP) is 2.56. The number of aromatic nitrogens is 2. The number of rotatable bonds is 3. The molecule has 0 fully saturated rings. The van der Waals surface area contributed by atoms with Gasteiger partial charge in [0.1, 0.15) is 0 Å². The van der Waals surface area contributed by atoms with Gasteiger partial charge >= 0.3 is 5.97 Å². The van der Waals surface area contributed by atoms with E-state index in [0.717, 1.165) is 28.2 Å². The van der Waals surface area contributed by atoms with E-state index < -0.39 is 5.97 Å². The molecule has 2 rings (SSSR count). The maximum absolute atomic E-state index is 10.5. The van der Waals surface area contributed by atoms with Gasteiger partial charge in [-0.15, -0.1) is 0 Å². The van der Waals surface area contributed by atoms with Crippen LogP contribution < -0.4 is 0 Å². The van der Waals surface area contributed by atoms with Gasteiger partial charge in [0, 0.05) is 11.4 Å². The molecule has 82 valence electrons. The molecule has 0 aliphatic carbocycles. The van der Waals surface area contributed by atoms with E-state index in [9.17, 15) is 4.79 Å². The average molecular weight is 281 g/mol. The second-order valence-corrected chi connectivity index (χ2v) is 3.84. The van der Waals surface area contributed by atoms with Crippen molar-refractivity contribution >= 4 is 39.0 Å². The average Bonchev–Trinajstić information content (AvgIpc) is 2.71. The highest BCUT2D eigenvalue weighted by Gasteiger charge is 2.03.